The first-order valence-corrected chi connectivity index (χ1v) is 29.6. The minimum Gasteiger partial charge on any atom is -0.508 e. The lowest BCUT2D eigenvalue weighted by Gasteiger charge is -2.58. The van der Waals surface area contributed by atoms with E-state index in [2.05, 4.69) is 20.3 Å². The van der Waals surface area contributed by atoms with Gasteiger partial charge < -0.3 is 96.7 Å². The highest BCUT2D eigenvalue weighted by Crippen LogP contribution is 2.72. The van der Waals surface area contributed by atoms with E-state index < -0.39 is 126 Å². The van der Waals surface area contributed by atoms with Crippen LogP contribution in [0.25, 0.3) is 6.08 Å². The van der Waals surface area contributed by atoms with Crippen LogP contribution in [0.4, 0.5) is 5.69 Å². The van der Waals surface area contributed by atoms with E-state index in [1.165, 1.54) is 36.7 Å². The highest BCUT2D eigenvalue weighted by atomic mass is 16.8. The number of guanidine groups is 1. The van der Waals surface area contributed by atoms with Crippen LogP contribution in [0.3, 0.4) is 0 Å². The Morgan fingerprint density at radius 3 is 2.44 bits per heavy atom. The highest BCUT2D eigenvalue weighted by Gasteiger charge is 2.72. The largest absolute Gasteiger partial charge is 0.508 e. The molecule has 470 valence electrons. The van der Waals surface area contributed by atoms with Crippen molar-refractivity contribution in [2.45, 2.75) is 131 Å². The zero-order valence-electron chi connectivity index (χ0n) is 48.2. The van der Waals surface area contributed by atoms with Crippen molar-refractivity contribution in [1.82, 2.24) is 15.3 Å². The smallest absolute Gasteiger partial charge is 0.355 e. The number of aromatic amines is 1. The van der Waals surface area contributed by atoms with Gasteiger partial charge in [0.15, 0.2) is 29.1 Å². The van der Waals surface area contributed by atoms with Crippen LogP contribution in [0.5, 0.6) is 28.7 Å². The molecule has 24 heteroatoms. The number of carboxylic acid groups (broad SMARTS) is 1. The number of imidazole rings is 1. The number of phenols is 4. The molecule has 88 heavy (non-hydrogen) atoms. The van der Waals surface area contributed by atoms with Gasteiger partial charge >= 0.3 is 11.9 Å². The van der Waals surface area contributed by atoms with Crippen molar-refractivity contribution in [2.24, 2.45) is 34.4 Å². The number of carboxylic acids is 1. The summed E-state index contributed by atoms with van der Waals surface area (Å²) in [6, 6.07) is 20.0. The number of aromatic nitrogens is 2. The number of aliphatic hydroxyl groups is 8. The summed E-state index contributed by atoms with van der Waals surface area (Å²) in [5, 5.41) is 151. The lowest BCUT2D eigenvalue weighted by Crippen LogP contribution is -2.67. The molecule has 0 bridgehead atoms. The van der Waals surface area contributed by atoms with Crippen LogP contribution in [-0.4, -0.2) is 169 Å². The molecule has 3 aliphatic carbocycles. The predicted molar refractivity (Wildman–Crippen MR) is 317 cm³/mol. The molecule has 1 aromatic heterocycles. The maximum Gasteiger partial charge on any atom is 0.355 e. The van der Waals surface area contributed by atoms with E-state index in [-0.39, 0.29) is 61.0 Å². The number of aldehydes is 1. The van der Waals surface area contributed by atoms with E-state index in [0.29, 0.717) is 91.6 Å². The number of aromatic hydroxyl groups is 4. The van der Waals surface area contributed by atoms with E-state index in [1.807, 2.05) is 36.4 Å². The molecule has 1 saturated heterocycles. The summed E-state index contributed by atoms with van der Waals surface area (Å²) in [4.78, 5) is 55.0. The van der Waals surface area contributed by atoms with Crippen LogP contribution in [-0.2, 0) is 50.3 Å². The van der Waals surface area contributed by atoms with Crippen molar-refractivity contribution in [3.63, 3.8) is 0 Å². The average molecular weight is 1220 g/mol. The van der Waals surface area contributed by atoms with Crippen molar-refractivity contribution in [3.8, 4) is 28.7 Å². The molecule has 0 unspecified atom stereocenters. The first-order chi connectivity index (χ1) is 42.2. The standard InChI is InChI=1S/C64H76N6O18/c65-61(67-28-35-7-2-1-3-8-35)66-22-6-12-42(75)19-17-38-27-62(60(84)85)54(53(38)63-40(10-5-11-41(63)31-73)18-16-37-9-4-13-47(77)52(37)63)51-45(26-48(55(79)57(51)81)87-64(86)59(83)58(82)56(80)49(32-74)88-64)70(62)50(78)21-15-34-14-20-46(76)39(23-34)25-44-43(68-33-69-44)24-36(29-71)30-72/h1-4,7-9,13-15,20-21,23,26-27,29,33,36,40-42,49,53-54,56,58-59,72-77,79-83,86H,5-6,10-12,16-19,22,24-25,28,30-32H2,(H,68,69)(H,84,85)(H3,65,66,67)/b21-15+/t36-,40-,41-,42+,49-,53-,54+,56-,58+,59-,62-,63+,64+/m1/s1. The second kappa shape index (κ2) is 26.0. The number of hydrogen-bond acceptors (Lipinski definition) is 19. The Morgan fingerprint density at radius 2 is 1.72 bits per heavy atom. The van der Waals surface area contributed by atoms with Gasteiger partial charge in [0.05, 0.1) is 43.6 Å². The number of fused-ring (bicyclic) bond motifs is 6. The molecule has 1 saturated carbocycles. The van der Waals surface area contributed by atoms with Crippen molar-refractivity contribution < 1.29 is 90.2 Å². The average Bonchev–Trinajstić information content (AvgIpc) is 1.46. The molecule has 10 rings (SSSR count). The summed E-state index contributed by atoms with van der Waals surface area (Å²) >= 11 is 0. The molecule has 13 atom stereocenters. The number of carbonyl (C=O) groups excluding carboxylic acids is 2. The summed E-state index contributed by atoms with van der Waals surface area (Å²) in [5.41, 5.74) is 5.76. The number of anilines is 1. The molecule has 24 nitrogen and oxygen atoms in total. The number of phenolic OH excluding ortho intramolecular Hbond substituents is 4. The molecule has 5 aliphatic rings. The molecule has 0 spiro atoms. The number of aliphatic imine (C=N–C) groups is 1. The number of nitrogens with two attached hydrogens (primary N) is 1. The van der Waals surface area contributed by atoms with Gasteiger partial charge in [-0.3, -0.25) is 9.69 Å². The van der Waals surface area contributed by atoms with Crippen LogP contribution in [0.2, 0.25) is 0 Å². The first-order valence-electron chi connectivity index (χ1n) is 29.6. The number of amides is 1. The number of aliphatic hydroxyl groups excluding tert-OH is 7. The number of nitrogens with zero attached hydrogens (tertiary/aromatic N) is 3. The van der Waals surface area contributed by atoms with Crippen molar-refractivity contribution in [2.75, 3.05) is 31.3 Å². The lowest BCUT2D eigenvalue weighted by atomic mass is 9.45. The second-order valence-electron chi connectivity index (χ2n) is 23.7. The van der Waals surface area contributed by atoms with E-state index in [4.69, 9.17) is 15.2 Å². The Bertz CT molecular complexity index is 3470. The minimum absolute atomic E-state index is 0.00521. The number of aliphatic carboxylic acids is 1. The Kier molecular flexibility index (Phi) is 18.7. The van der Waals surface area contributed by atoms with Crippen molar-refractivity contribution >= 4 is 35.9 Å². The summed E-state index contributed by atoms with van der Waals surface area (Å²) in [6.07, 6.45) is -0.0800. The molecule has 2 fully saturated rings. The van der Waals surface area contributed by atoms with E-state index >= 15 is 9.59 Å². The topological polar surface area (TPSA) is 415 Å². The number of rotatable bonds is 23. The second-order valence-corrected chi connectivity index (χ2v) is 23.7. The predicted octanol–water partition coefficient (Wildman–Crippen LogP) is 2.51. The van der Waals surface area contributed by atoms with Gasteiger partial charge in [0.1, 0.15) is 36.1 Å². The fraction of sp³-hybridized carbons (Fsp3) is 0.453. The van der Waals surface area contributed by atoms with E-state index in [0.717, 1.165) is 28.2 Å². The molecule has 1 amide bonds. The molecular weight excluding hydrogens is 1140 g/mol. The fourth-order valence-electron chi connectivity index (χ4n) is 14.6. The number of H-pyrrole nitrogens is 1. The third-order valence-electron chi connectivity index (χ3n) is 18.7. The Labute approximate surface area is 506 Å². The molecule has 5 aromatic rings. The zero-order valence-corrected chi connectivity index (χ0v) is 48.2. The molecule has 2 aliphatic heterocycles. The first kappa shape index (κ1) is 63.1. The normalized spacial score (nSPS) is 28.1. The number of benzene rings is 4. The van der Waals surface area contributed by atoms with E-state index in [1.54, 1.807) is 12.1 Å². The van der Waals surface area contributed by atoms with Gasteiger partial charge in [-0.25, -0.2) is 14.8 Å². The Hall–Kier alpha value is -7.91. The quantitative estimate of drug-likeness (QED) is 0.00653. The lowest BCUT2D eigenvalue weighted by molar-refractivity contribution is -0.422. The third-order valence-corrected chi connectivity index (χ3v) is 18.7. The number of nitrogens with one attached hydrogen (secondary N) is 2. The Morgan fingerprint density at radius 1 is 0.932 bits per heavy atom. The molecule has 3 heterocycles. The summed E-state index contributed by atoms with van der Waals surface area (Å²) in [5.74, 6) is -13.8. The van der Waals surface area contributed by atoms with Crippen LogP contribution < -0.4 is 20.7 Å². The van der Waals surface area contributed by atoms with Crippen LogP contribution in [0.1, 0.15) is 102 Å². The summed E-state index contributed by atoms with van der Waals surface area (Å²) < 4.78 is 11.1. The van der Waals surface area contributed by atoms with Crippen molar-refractivity contribution in [1.29, 1.82) is 0 Å². The minimum atomic E-state index is -3.39. The maximum atomic E-state index is 15.7. The number of aryl methyl sites for hydroxylation is 1. The fourth-order valence-corrected chi connectivity index (χ4v) is 14.6. The maximum absolute atomic E-state index is 15.7. The molecule has 4 aromatic carbocycles. The number of allylic oxidation sites excluding steroid dienone is 1. The zero-order chi connectivity index (χ0) is 62.8. The molecule has 0 radical (unpaired) electrons. The summed E-state index contributed by atoms with van der Waals surface area (Å²) in [6.45, 7) is -1.17. The highest BCUT2D eigenvalue weighted by molar-refractivity contribution is 6.14. The van der Waals surface area contributed by atoms with Gasteiger partial charge in [-0.15, -0.1) is 0 Å². The van der Waals surface area contributed by atoms with Gasteiger partial charge in [0, 0.05) is 83.7 Å². The molecular formula is C64H76N6O18. The van der Waals surface area contributed by atoms with Crippen LogP contribution in [0.15, 0.2) is 102 Å². The van der Waals surface area contributed by atoms with Gasteiger partial charge in [-0.05, 0) is 110 Å². The summed E-state index contributed by atoms with van der Waals surface area (Å²) in [7, 11) is 0. The monoisotopic (exact) mass is 1220 g/mol. The van der Waals surface area contributed by atoms with Gasteiger partial charge in [0.2, 0.25) is 5.75 Å². The van der Waals surface area contributed by atoms with Crippen LogP contribution >= 0.6 is 0 Å². The number of hydrogen-bond donors (Lipinski definition) is 16. The van der Waals surface area contributed by atoms with Gasteiger partial charge in [0.25, 0.3) is 5.91 Å². The third kappa shape index (κ3) is 11.5. The SMILES string of the molecule is NC(=NCc1ccccc1)NCCC[C@H](O)CCC1=C[C@]2(C(=O)O)[C@@H](c3c(cc(O[C@]4(O)O[C@H](CO)[C@@H](O)[C@H](O)[C@H]4O)c(O)c3O)N2C(=O)/C=C/c2ccc(O)c(Cc3[nH]cnc3C[C@H](C=O)CO)c2)[C@@H]1[C@@]12c3c(O)cccc3CC[C@H]1CCC[C@@H]2CO. The van der Waals surface area contributed by atoms with E-state index in [9.17, 15) is 71.2 Å². The molecule has 17 N–H and O–H groups in total. The van der Waals surface area contributed by atoms with Gasteiger partial charge in [-0.2, -0.15) is 0 Å². The van der Waals surface area contributed by atoms with Crippen LogP contribution in [0, 0.1) is 23.7 Å². The Balaban J connectivity index is 1.10. The van der Waals surface area contributed by atoms with Gasteiger partial charge in [-0.1, -0.05) is 60.5 Å². The number of carbonyl (C=O) groups is 3. The number of ether oxygens (including phenoxy) is 2. The van der Waals surface area contributed by atoms with Crippen molar-refractivity contribution in [3.05, 3.63) is 142 Å².